The number of nitrogens with zero attached hydrogens (tertiary/aromatic N) is 5. The average Bonchev–Trinajstić information content (AvgIpc) is 3.20. The largest absolute Gasteiger partial charge is 0.480 e. The molecule has 0 unspecified atom stereocenters. The molecule has 3 heterocycles. The van der Waals surface area contributed by atoms with Crippen molar-refractivity contribution in [2.45, 2.75) is 4.90 Å². The van der Waals surface area contributed by atoms with E-state index < -0.39 is 15.8 Å². The number of hydrogen-bond acceptors (Lipinski definition) is 8. The third-order valence-corrected chi connectivity index (χ3v) is 5.62. The van der Waals surface area contributed by atoms with E-state index >= 15 is 0 Å². The number of halogens is 1. The monoisotopic (exact) mass is 454 g/mol. The lowest BCUT2D eigenvalue weighted by Crippen LogP contribution is -2.14. The van der Waals surface area contributed by atoms with E-state index in [2.05, 4.69) is 36.6 Å². The van der Waals surface area contributed by atoms with Gasteiger partial charge in [0.15, 0.2) is 0 Å². The molecule has 0 atom stereocenters. The number of anilines is 1. The quantitative estimate of drug-likeness (QED) is 0.434. The lowest BCUT2D eigenvalue weighted by molar-refractivity contribution is 0.350. The lowest BCUT2D eigenvalue weighted by Gasteiger charge is -2.12. The van der Waals surface area contributed by atoms with Crippen LogP contribution >= 0.6 is 0 Å². The standard InChI is InChI=1S/C20H15FN6O4S/c1-31-19-17(26-32(29,30)16-6-4-14(21)5-7-16)9-13(10-22-19)18-12-24-20-23-11-15(3-2-8-28)27(20)25-18/h4-7,9-12,26,28H,8H2,1H3. The summed E-state index contributed by atoms with van der Waals surface area (Å²) >= 11 is 0. The number of sulfonamides is 1. The van der Waals surface area contributed by atoms with Gasteiger partial charge >= 0.3 is 0 Å². The molecule has 0 aliphatic rings. The maximum atomic E-state index is 13.2. The predicted molar refractivity (Wildman–Crippen MR) is 112 cm³/mol. The minimum absolute atomic E-state index is 0.0330. The van der Waals surface area contributed by atoms with Crippen LogP contribution in [-0.2, 0) is 10.0 Å². The second kappa shape index (κ2) is 8.58. The molecule has 4 aromatic rings. The highest BCUT2D eigenvalue weighted by Gasteiger charge is 2.19. The SMILES string of the molecule is COc1ncc(-c2cnc3ncc(C#CCO)n3n2)cc1NS(=O)(=O)c1ccc(F)cc1. The van der Waals surface area contributed by atoms with Crippen LogP contribution in [0.2, 0.25) is 0 Å². The molecule has 0 aliphatic carbocycles. The molecular formula is C20H15FN6O4S. The zero-order valence-electron chi connectivity index (χ0n) is 16.5. The summed E-state index contributed by atoms with van der Waals surface area (Å²) in [5, 5.41) is 13.3. The highest BCUT2D eigenvalue weighted by atomic mass is 32.2. The maximum Gasteiger partial charge on any atom is 0.262 e. The molecule has 162 valence electrons. The molecule has 0 aliphatic heterocycles. The van der Waals surface area contributed by atoms with Crippen molar-refractivity contribution in [2.24, 2.45) is 0 Å². The minimum atomic E-state index is -4.03. The molecule has 0 bridgehead atoms. The van der Waals surface area contributed by atoms with E-state index in [9.17, 15) is 12.8 Å². The summed E-state index contributed by atoms with van der Waals surface area (Å²) in [5.41, 5.74) is 1.27. The Balaban J connectivity index is 1.74. The smallest absolute Gasteiger partial charge is 0.262 e. The molecule has 0 radical (unpaired) electrons. The van der Waals surface area contributed by atoms with Crippen molar-refractivity contribution in [3.05, 3.63) is 60.4 Å². The van der Waals surface area contributed by atoms with Crippen molar-refractivity contribution in [3.63, 3.8) is 0 Å². The molecule has 4 rings (SSSR count). The molecule has 32 heavy (non-hydrogen) atoms. The molecule has 2 N–H and O–H groups in total. The fraction of sp³-hybridized carbons (Fsp3) is 0.100. The Morgan fingerprint density at radius 2 is 1.91 bits per heavy atom. The number of fused-ring (bicyclic) bond motifs is 1. The van der Waals surface area contributed by atoms with Crippen LogP contribution in [0.25, 0.3) is 17.0 Å². The van der Waals surface area contributed by atoms with Crippen molar-refractivity contribution in [1.82, 2.24) is 24.6 Å². The maximum absolute atomic E-state index is 13.2. The number of imidazole rings is 1. The molecule has 0 saturated heterocycles. The molecule has 0 amide bonds. The molecular weight excluding hydrogens is 439 g/mol. The van der Waals surface area contributed by atoms with Crippen molar-refractivity contribution in [2.75, 3.05) is 18.4 Å². The fourth-order valence-corrected chi connectivity index (χ4v) is 3.82. The molecule has 3 aromatic heterocycles. The van der Waals surface area contributed by atoms with Crippen molar-refractivity contribution in [3.8, 4) is 29.0 Å². The van der Waals surface area contributed by atoms with E-state index in [4.69, 9.17) is 9.84 Å². The van der Waals surface area contributed by atoms with Gasteiger partial charge in [-0.1, -0.05) is 5.92 Å². The molecule has 12 heteroatoms. The van der Waals surface area contributed by atoms with Crippen molar-refractivity contribution >= 4 is 21.5 Å². The zero-order valence-corrected chi connectivity index (χ0v) is 17.3. The highest BCUT2D eigenvalue weighted by Crippen LogP contribution is 2.29. The summed E-state index contributed by atoms with van der Waals surface area (Å²) < 4.78 is 47.6. The van der Waals surface area contributed by atoms with E-state index in [0.717, 1.165) is 24.3 Å². The van der Waals surface area contributed by atoms with E-state index in [1.54, 1.807) is 0 Å². The van der Waals surface area contributed by atoms with Gasteiger partial charge in [0, 0.05) is 11.8 Å². The molecule has 1 aromatic carbocycles. The number of nitrogens with one attached hydrogen (secondary N) is 1. The summed E-state index contributed by atoms with van der Waals surface area (Å²) in [4.78, 5) is 12.3. The van der Waals surface area contributed by atoms with Gasteiger partial charge < -0.3 is 9.84 Å². The topological polar surface area (TPSA) is 132 Å². The number of hydrogen-bond donors (Lipinski definition) is 2. The van der Waals surface area contributed by atoms with Gasteiger partial charge in [0.25, 0.3) is 15.8 Å². The van der Waals surface area contributed by atoms with Crippen LogP contribution in [0.1, 0.15) is 5.69 Å². The van der Waals surface area contributed by atoms with Crippen LogP contribution in [0, 0.1) is 17.7 Å². The summed E-state index contributed by atoms with van der Waals surface area (Å²) in [5.74, 6) is 5.02. The highest BCUT2D eigenvalue weighted by molar-refractivity contribution is 7.92. The number of benzene rings is 1. The fourth-order valence-electron chi connectivity index (χ4n) is 2.77. The summed E-state index contributed by atoms with van der Waals surface area (Å²) in [6, 6.07) is 5.88. The van der Waals surface area contributed by atoms with Gasteiger partial charge in [-0.05, 0) is 36.3 Å². The minimum Gasteiger partial charge on any atom is -0.480 e. The van der Waals surface area contributed by atoms with Crippen LogP contribution < -0.4 is 9.46 Å². The summed E-state index contributed by atoms with van der Waals surface area (Å²) in [6.45, 7) is -0.319. The number of methoxy groups -OCH3 is 1. The van der Waals surface area contributed by atoms with Crippen molar-refractivity contribution < 1.29 is 22.7 Å². The van der Waals surface area contributed by atoms with E-state index in [1.807, 2.05) is 0 Å². The van der Waals surface area contributed by atoms with Crippen LogP contribution in [0.15, 0.2) is 53.8 Å². The Bertz CT molecular complexity index is 1460. The Labute approximate surface area is 181 Å². The van der Waals surface area contributed by atoms with E-state index in [-0.39, 0.29) is 23.1 Å². The first-order valence-corrected chi connectivity index (χ1v) is 10.5. The first-order chi connectivity index (χ1) is 15.4. The second-order valence-corrected chi connectivity index (χ2v) is 7.98. The van der Waals surface area contributed by atoms with Gasteiger partial charge in [-0.2, -0.15) is 9.61 Å². The van der Waals surface area contributed by atoms with Crippen LogP contribution in [0.3, 0.4) is 0 Å². The van der Waals surface area contributed by atoms with Gasteiger partial charge in [-0.3, -0.25) is 4.72 Å². The Morgan fingerprint density at radius 1 is 1.16 bits per heavy atom. The van der Waals surface area contributed by atoms with Crippen LogP contribution in [-0.4, -0.2) is 51.8 Å². The first kappa shape index (κ1) is 21.2. The third-order valence-electron chi connectivity index (χ3n) is 4.23. The first-order valence-electron chi connectivity index (χ1n) is 9.04. The number of rotatable bonds is 5. The molecule has 0 saturated carbocycles. The number of aliphatic hydroxyl groups excluding tert-OH is 1. The molecule has 0 fully saturated rings. The molecule has 10 nitrogen and oxygen atoms in total. The van der Waals surface area contributed by atoms with Gasteiger partial charge in [0.05, 0.1) is 24.4 Å². The van der Waals surface area contributed by atoms with Crippen molar-refractivity contribution in [1.29, 1.82) is 0 Å². The zero-order chi connectivity index (χ0) is 22.7. The Kier molecular flexibility index (Phi) is 5.67. The average molecular weight is 454 g/mol. The predicted octanol–water partition coefficient (Wildman–Crippen LogP) is 1.48. The Hall–Kier alpha value is -4.08. The Morgan fingerprint density at radius 3 is 2.62 bits per heavy atom. The third kappa shape index (κ3) is 4.20. The normalized spacial score (nSPS) is 11.1. The summed E-state index contributed by atoms with van der Waals surface area (Å²) in [6.07, 6.45) is 4.37. The van der Waals surface area contributed by atoms with Gasteiger partial charge in [0.1, 0.15) is 29.5 Å². The second-order valence-electron chi connectivity index (χ2n) is 6.30. The lowest BCUT2D eigenvalue weighted by atomic mass is 10.2. The number of pyridine rings is 1. The summed E-state index contributed by atoms with van der Waals surface area (Å²) in [7, 11) is -2.69. The number of aromatic nitrogens is 5. The van der Waals surface area contributed by atoms with Crippen LogP contribution in [0.5, 0.6) is 5.88 Å². The molecule has 0 spiro atoms. The van der Waals surface area contributed by atoms with Gasteiger partial charge in [-0.25, -0.2) is 27.8 Å². The van der Waals surface area contributed by atoms with Gasteiger partial charge in [0.2, 0.25) is 5.88 Å². The van der Waals surface area contributed by atoms with E-state index in [0.29, 0.717) is 22.7 Å². The number of aliphatic hydroxyl groups is 1. The number of ether oxygens (including phenoxy) is 1. The van der Waals surface area contributed by atoms with E-state index in [1.165, 1.54) is 36.3 Å². The van der Waals surface area contributed by atoms with Gasteiger partial charge in [-0.15, -0.1) is 0 Å². The van der Waals surface area contributed by atoms with Crippen LogP contribution in [0.4, 0.5) is 10.1 Å².